The molecule has 34 heavy (non-hydrogen) atoms. The van der Waals surface area contributed by atoms with Crippen LogP contribution in [0.15, 0.2) is 53.5 Å². The molecular weight excluding hydrogens is 458 g/mol. The third-order valence-corrected chi connectivity index (χ3v) is 6.36. The standard InChI is InChI=1S/C26H26ClNO6/c1-2-3-4-9-30-19-7-8-28(26(29)13-19)21(17-5-6-22-23(11-17)32-15-31-22)10-18-12-24-25(14-20(18)27)34-16-33-24/h5-8,11-14,21H,2-4,9-10,15-16H2,1H3. The fourth-order valence-corrected chi connectivity index (χ4v) is 4.41. The van der Waals surface area contributed by atoms with Gasteiger partial charge in [0, 0.05) is 23.4 Å². The molecule has 7 nitrogen and oxygen atoms in total. The summed E-state index contributed by atoms with van der Waals surface area (Å²) < 4.78 is 29.5. The minimum atomic E-state index is -0.339. The molecule has 178 valence electrons. The van der Waals surface area contributed by atoms with Crippen molar-refractivity contribution < 1.29 is 23.7 Å². The molecule has 0 bridgehead atoms. The van der Waals surface area contributed by atoms with E-state index in [0.717, 1.165) is 30.4 Å². The number of hydrogen-bond donors (Lipinski definition) is 0. The lowest BCUT2D eigenvalue weighted by molar-refractivity contribution is 0.173. The van der Waals surface area contributed by atoms with Gasteiger partial charge >= 0.3 is 0 Å². The zero-order valence-electron chi connectivity index (χ0n) is 18.9. The average molecular weight is 484 g/mol. The Bertz CT molecular complexity index is 1240. The van der Waals surface area contributed by atoms with Crippen molar-refractivity contribution in [2.24, 2.45) is 0 Å². The molecule has 0 spiro atoms. The van der Waals surface area contributed by atoms with Gasteiger partial charge in [-0.15, -0.1) is 0 Å². The summed E-state index contributed by atoms with van der Waals surface area (Å²) in [6.07, 6.45) is 5.41. The Morgan fingerprint density at radius 2 is 1.68 bits per heavy atom. The first-order valence-electron chi connectivity index (χ1n) is 11.4. The Kier molecular flexibility index (Phi) is 6.54. The molecule has 5 rings (SSSR count). The van der Waals surface area contributed by atoms with E-state index >= 15 is 0 Å². The maximum atomic E-state index is 13.2. The van der Waals surface area contributed by atoms with E-state index in [0.29, 0.717) is 46.8 Å². The summed E-state index contributed by atoms with van der Waals surface area (Å²) in [7, 11) is 0. The van der Waals surface area contributed by atoms with Crippen molar-refractivity contribution in [3.05, 3.63) is 75.2 Å². The lowest BCUT2D eigenvalue weighted by atomic mass is 9.97. The van der Waals surface area contributed by atoms with Crippen molar-refractivity contribution in [2.45, 2.75) is 38.6 Å². The molecule has 0 N–H and O–H groups in total. The van der Waals surface area contributed by atoms with Gasteiger partial charge in [-0.3, -0.25) is 4.79 Å². The SMILES string of the molecule is CCCCCOc1ccn(C(Cc2cc3c(cc2Cl)OCO3)c2ccc3c(c2)OCO3)c(=O)c1. The molecule has 2 aliphatic heterocycles. The van der Waals surface area contributed by atoms with Crippen LogP contribution in [0, 0.1) is 0 Å². The quantitative estimate of drug-likeness (QED) is 0.382. The highest BCUT2D eigenvalue weighted by molar-refractivity contribution is 6.31. The first kappa shape index (κ1) is 22.5. The van der Waals surface area contributed by atoms with Crippen LogP contribution >= 0.6 is 11.6 Å². The summed E-state index contributed by atoms with van der Waals surface area (Å²) in [4.78, 5) is 13.2. The number of nitrogens with zero attached hydrogens (tertiary/aromatic N) is 1. The second-order valence-corrected chi connectivity index (χ2v) is 8.70. The van der Waals surface area contributed by atoms with Gasteiger partial charge in [-0.1, -0.05) is 37.4 Å². The Hall–Kier alpha value is -3.32. The van der Waals surface area contributed by atoms with Crippen molar-refractivity contribution in [3.63, 3.8) is 0 Å². The molecule has 8 heteroatoms. The molecule has 0 saturated heterocycles. The van der Waals surface area contributed by atoms with Crippen LogP contribution in [-0.2, 0) is 6.42 Å². The van der Waals surface area contributed by atoms with Crippen molar-refractivity contribution in [2.75, 3.05) is 20.2 Å². The van der Waals surface area contributed by atoms with Gasteiger partial charge in [0.05, 0.1) is 12.6 Å². The minimum absolute atomic E-state index is 0.160. The molecule has 3 aromatic rings. The number of aromatic nitrogens is 1. The zero-order valence-corrected chi connectivity index (χ0v) is 19.7. The molecule has 2 aliphatic rings. The fraction of sp³-hybridized carbons (Fsp3) is 0.346. The first-order valence-corrected chi connectivity index (χ1v) is 11.8. The molecule has 0 fully saturated rings. The van der Waals surface area contributed by atoms with E-state index in [1.807, 2.05) is 30.3 Å². The lowest BCUT2D eigenvalue weighted by Gasteiger charge is -2.22. The number of benzene rings is 2. The molecule has 0 amide bonds. The van der Waals surface area contributed by atoms with Gasteiger partial charge in [-0.25, -0.2) is 0 Å². The van der Waals surface area contributed by atoms with E-state index in [9.17, 15) is 4.79 Å². The van der Waals surface area contributed by atoms with E-state index in [-0.39, 0.29) is 25.2 Å². The minimum Gasteiger partial charge on any atom is -0.493 e. The van der Waals surface area contributed by atoms with Gasteiger partial charge in [0.1, 0.15) is 5.75 Å². The molecular formula is C26H26ClNO6. The summed E-state index contributed by atoms with van der Waals surface area (Å²) in [6, 6.07) is 12.4. The molecule has 0 aliphatic carbocycles. The third kappa shape index (κ3) is 4.66. The van der Waals surface area contributed by atoms with Crippen molar-refractivity contribution in [1.82, 2.24) is 4.57 Å². The highest BCUT2D eigenvalue weighted by Crippen LogP contribution is 2.40. The van der Waals surface area contributed by atoms with Crippen molar-refractivity contribution in [3.8, 4) is 28.7 Å². The van der Waals surface area contributed by atoms with E-state index in [2.05, 4.69) is 6.92 Å². The summed E-state index contributed by atoms with van der Waals surface area (Å²) in [5.41, 5.74) is 1.59. The van der Waals surface area contributed by atoms with E-state index in [1.165, 1.54) is 6.07 Å². The van der Waals surface area contributed by atoms with Gasteiger partial charge in [0.2, 0.25) is 13.6 Å². The summed E-state index contributed by atoms with van der Waals surface area (Å²) >= 11 is 6.58. The topological polar surface area (TPSA) is 68.2 Å². The second-order valence-electron chi connectivity index (χ2n) is 8.29. The van der Waals surface area contributed by atoms with Crippen LogP contribution in [0.4, 0.5) is 0 Å². The molecule has 1 unspecified atom stereocenters. The highest BCUT2D eigenvalue weighted by atomic mass is 35.5. The van der Waals surface area contributed by atoms with Crippen LogP contribution in [0.3, 0.4) is 0 Å². The Labute approximate surface area is 202 Å². The Balaban J connectivity index is 1.48. The van der Waals surface area contributed by atoms with Gasteiger partial charge in [0.25, 0.3) is 5.56 Å². The van der Waals surface area contributed by atoms with Gasteiger partial charge in [-0.2, -0.15) is 0 Å². The fourth-order valence-electron chi connectivity index (χ4n) is 4.18. The van der Waals surface area contributed by atoms with Crippen LogP contribution in [0.25, 0.3) is 0 Å². The monoisotopic (exact) mass is 483 g/mol. The maximum absolute atomic E-state index is 13.2. The second kappa shape index (κ2) is 9.89. The lowest BCUT2D eigenvalue weighted by Crippen LogP contribution is -2.26. The molecule has 1 atom stereocenters. The largest absolute Gasteiger partial charge is 0.493 e. The van der Waals surface area contributed by atoms with Gasteiger partial charge < -0.3 is 28.3 Å². The van der Waals surface area contributed by atoms with Crippen molar-refractivity contribution >= 4 is 11.6 Å². The third-order valence-electron chi connectivity index (χ3n) is 6.01. The van der Waals surface area contributed by atoms with Gasteiger partial charge in [-0.05, 0) is 48.2 Å². The number of rotatable bonds is 9. The van der Waals surface area contributed by atoms with E-state index in [4.69, 9.17) is 35.3 Å². The van der Waals surface area contributed by atoms with Crippen LogP contribution in [0.2, 0.25) is 5.02 Å². The Morgan fingerprint density at radius 1 is 0.941 bits per heavy atom. The maximum Gasteiger partial charge on any atom is 0.254 e. The average Bonchev–Trinajstić information content (AvgIpc) is 3.49. The van der Waals surface area contributed by atoms with E-state index in [1.54, 1.807) is 16.8 Å². The summed E-state index contributed by atoms with van der Waals surface area (Å²) in [5, 5.41) is 0.555. The molecule has 0 saturated carbocycles. The number of unbranched alkanes of at least 4 members (excludes halogenated alkanes) is 2. The van der Waals surface area contributed by atoms with Crippen LogP contribution in [0.5, 0.6) is 28.7 Å². The predicted molar refractivity (Wildman–Crippen MR) is 128 cm³/mol. The Morgan fingerprint density at radius 3 is 2.44 bits per heavy atom. The molecule has 1 aromatic heterocycles. The normalized spacial score (nSPS) is 14.3. The summed E-state index contributed by atoms with van der Waals surface area (Å²) in [5.74, 6) is 3.18. The van der Waals surface area contributed by atoms with Gasteiger partial charge in [0.15, 0.2) is 23.0 Å². The summed E-state index contributed by atoms with van der Waals surface area (Å²) in [6.45, 7) is 3.08. The van der Waals surface area contributed by atoms with Crippen LogP contribution in [0.1, 0.15) is 43.4 Å². The number of ether oxygens (including phenoxy) is 5. The van der Waals surface area contributed by atoms with Crippen LogP contribution in [-0.4, -0.2) is 24.8 Å². The van der Waals surface area contributed by atoms with Crippen molar-refractivity contribution in [1.29, 1.82) is 0 Å². The number of halogens is 1. The first-order chi connectivity index (χ1) is 16.6. The highest BCUT2D eigenvalue weighted by Gasteiger charge is 2.24. The number of fused-ring (bicyclic) bond motifs is 2. The zero-order chi connectivity index (χ0) is 23.5. The van der Waals surface area contributed by atoms with Crippen LogP contribution < -0.4 is 29.2 Å². The van der Waals surface area contributed by atoms with E-state index < -0.39 is 0 Å². The molecule has 2 aromatic carbocycles. The number of hydrogen-bond acceptors (Lipinski definition) is 6. The predicted octanol–water partition coefficient (Wildman–Crippen LogP) is 5.36. The molecule has 0 radical (unpaired) electrons. The molecule has 3 heterocycles. The number of pyridine rings is 1. The smallest absolute Gasteiger partial charge is 0.254 e.